The SMILES string of the molecule is Cc1nc([C@H]2OC3(CCOCC3)c3c2c(C(C)C)nc2c3[C@@H](O)CC(C)(C)C2)sc1C(C)(C)C. The summed E-state index contributed by atoms with van der Waals surface area (Å²) >= 11 is 1.78. The van der Waals surface area contributed by atoms with Gasteiger partial charge in [-0.2, -0.15) is 0 Å². The monoisotopic (exact) mass is 484 g/mol. The lowest BCUT2D eigenvalue weighted by atomic mass is 9.70. The third-order valence-electron chi connectivity index (χ3n) is 7.73. The zero-order valence-corrected chi connectivity index (χ0v) is 22.9. The molecule has 2 aliphatic heterocycles. The molecular weight excluding hydrogens is 444 g/mol. The van der Waals surface area contributed by atoms with E-state index in [4.69, 9.17) is 19.4 Å². The molecule has 5 nitrogen and oxygen atoms in total. The van der Waals surface area contributed by atoms with Crippen LogP contribution in [0.2, 0.25) is 0 Å². The minimum Gasteiger partial charge on any atom is -0.388 e. The second kappa shape index (κ2) is 8.09. The summed E-state index contributed by atoms with van der Waals surface area (Å²) in [6, 6.07) is 0. The predicted octanol–water partition coefficient (Wildman–Crippen LogP) is 6.40. The molecule has 0 amide bonds. The number of aliphatic hydroxyl groups excluding tert-OH is 1. The Bertz CT molecular complexity index is 1110. The van der Waals surface area contributed by atoms with E-state index in [-0.39, 0.29) is 22.9 Å². The zero-order chi connectivity index (χ0) is 24.6. The smallest absolute Gasteiger partial charge is 0.137 e. The zero-order valence-electron chi connectivity index (χ0n) is 22.0. The van der Waals surface area contributed by atoms with E-state index in [1.165, 1.54) is 16.0 Å². The quantitative estimate of drug-likeness (QED) is 0.534. The standard InChI is InChI=1S/C28H40N2O3S/c1-15(2)22-20-21(19-17(30-22)13-27(7,8)14-18(19)31)28(9-11-32-12-10-28)33-23(20)25-29-16(3)24(34-25)26(4,5)6/h15,18,23,31H,9-14H2,1-8H3/t18-,23-/m0/s1. The van der Waals surface area contributed by atoms with Crippen LogP contribution >= 0.6 is 11.3 Å². The number of aromatic nitrogens is 2. The molecule has 6 heteroatoms. The molecule has 0 saturated carbocycles. The van der Waals surface area contributed by atoms with Gasteiger partial charge in [-0.1, -0.05) is 48.5 Å². The van der Waals surface area contributed by atoms with E-state index in [2.05, 4.69) is 55.4 Å². The van der Waals surface area contributed by atoms with Crippen LogP contribution in [0.5, 0.6) is 0 Å². The Morgan fingerprint density at radius 3 is 2.35 bits per heavy atom. The maximum atomic E-state index is 11.5. The number of hydrogen-bond acceptors (Lipinski definition) is 6. The van der Waals surface area contributed by atoms with E-state index in [9.17, 15) is 5.11 Å². The first kappa shape index (κ1) is 24.4. The number of hydrogen-bond donors (Lipinski definition) is 1. The van der Waals surface area contributed by atoms with Gasteiger partial charge in [-0.3, -0.25) is 4.98 Å². The molecule has 0 radical (unpaired) electrons. The Labute approximate surface area is 208 Å². The van der Waals surface area contributed by atoms with Gasteiger partial charge in [0, 0.05) is 53.4 Å². The van der Waals surface area contributed by atoms with E-state index < -0.39 is 11.7 Å². The van der Waals surface area contributed by atoms with Gasteiger partial charge in [-0.15, -0.1) is 11.3 Å². The van der Waals surface area contributed by atoms with Crippen molar-refractivity contribution >= 4 is 11.3 Å². The Kier molecular flexibility index (Phi) is 5.79. The van der Waals surface area contributed by atoms with Crippen molar-refractivity contribution in [3.63, 3.8) is 0 Å². The highest BCUT2D eigenvalue weighted by Gasteiger charge is 2.53. The molecule has 0 bridgehead atoms. The van der Waals surface area contributed by atoms with Gasteiger partial charge in [0.05, 0.1) is 17.4 Å². The van der Waals surface area contributed by atoms with Gasteiger partial charge in [0.1, 0.15) is 11.1 Å². The molecule has 2 aromatic rings. The lowest BCUT2D eigenvalue weighted by Crippen LogP contribution is -2.37. The van der Waals surface area contributed by atoms with Crippen LogP contribution in [0.25, 0.3) is 0 Å². The van der Waals surface area contributed by atoms with E-state index in [0.717, 1.165) is 53.3 Å². The minimum absolute atomic E-state index is 0.0254. The van der Waals surface area contributed by atoms with Crippen LogP contribution in [0.1, 0.15) is 130 Å². The molecule has 0 unspecified atom stereocenters. The first-order valence-corrected chi connectivity index (χ1v) is 13.6. The van der Waals surface area contributed by atoms with Crippen LogP contribution < -0.4 is 0 Å². The lowest BCUT2D eigenvalue weighted by Gasteiger charge is -2.40. The van der Waals surface area contributed by atoms with Crippen molar-refractivity contribution in [2.45, 2.75) is 110 Å². The summed E-state index contributed by atoms with van der Waals surface area (Å²) in [4.78, 5) is 11.6. The third-order valence-corrected chi connectivity index (χ3v) is 9.36. The number of thiazole rings is 1. The van der Waals surface area contributed by atoms with Crippen molar-refractivity contribution in [3.8, 4) is 0 Å². The fourth-order valence-corrected chi connectivity index (χ4v) is 7.50. The molecule has 34 heavy (non-hydrogen) atoms. The average Bonchev–Trinajstić information content (AvgIpc) is 3.26. The van der Waals surface area contributed by atoms with Gasteiger partial charge in [0.25, 0.3) is 0 Å². The summed E-state index contributed by atoms with van der Waals surface area (Å²) in [5.41, 5.74) is 6.29. The highest BCUT2D eigenvalue weighted by molar-refractivity contribution is 7.12. The highest BCUT2D eigenvalue weighted by atomic mass is 32.1. The fourth-order valence-electron chi connectivity index (χ4n) is 6.34. The van der Waals surface area contributed by atoms with E-state index in [1.807, 2.05) is 0 Å². The van der Waals surface area contributed by atoms with Gasteiger partial charge in [0.2, 0.25) is 0 Å². The summed E-state index contributed by atoms with van der Waals surface area (Å²) in [6.45, 7) is 19.1. The van der Waals surface area contributed by atoms with E-state index in [0.29, 0.717) is 13.2 Å². The molecule has 3 aliphatic rings. The number of nitrogens with zero attached hydrogens (tertiary/aromatic N) is 2. The topological polar surface area (TPSA) is 64.5 Å². The maximum Gasteiger partial charge on any atom is 0.137 e. The molecule has 0 aromatic carbocycles. The van der Waals surface area contributed by atoms with E-state index >= 15 is 0 Å². The molecule has 2 aromatic heterocycles. The molecule has 1 saturated heterocycles. The maximum absolute atomic E-state index is 11.5. The second-order valence-electron chi connectivity index (χ2n) is 12.7. The summed E-state index contributed by atoms with van der Waals surface area (Å²) in [5, 5.41) is 12.5. The third kappa shape index (κ3) is 3.85. The average molecular weight is 485 g/mol. The number of aryl methyl sites for hydroxylation is 1. The van der Waals surface area contributed by atoms with Crippen LogP contribution in [0.3, 0.4) is 0 Å². The number of pyridine rings is 1. The van der Waals surface area contributed by atoms with Gasteiger partial charge in [-0.05, 0) is 42.1 Å². The first-order chi connectivity index (χ1) is 15.8. The molecule has 1 spiro atoms. The summed E-state index contributed by atoms with van der Waals surface area (Å²) in [5.74, 6) is 0.255. The molecule has 186 valence electrons. The predicted molar refractivity (Wildman–Crippen MR) is 136 cm³/mol. The lowest BCUT2D eigenvalue weighted by molar-refractivity contribution is -0.122. The molecule has 1 aliphatic carbocycles. The Hall–Kier alpha value is -1.34. The molecule has 5 rings (SSSR count). The molecule has 4 heterocycles. The largest absolute Gasteiger partial charge is 0.388 e. The molecule has 2 atom stereocenters. The van der Waals surface area contributed by atoms with Gasteiger partial charge in [0.15, 0.2) is 0 Å². The van der Waals surface area contributed by atoms with Crippen LogP contribution in [-0.2, 0) is 26.9 Å². The van der Waals surface area contributed by atoms with Crippen LogP contribution in [0.4, 0.5) is 0 Å². The van der Waals surface area contributed by atoms with Crippen LogP contribution in [-0.4, -0.2) is 28.3 Å². The van der Waals surface area contributed by atoms with Crippen molar-refractivity contribution < 1.29 is 14.6 Å². The minimum atomic E-state index is -0.522. The first-order valence-electron chi connectivity index (χ1n) is 12.8. The number of rotatable bonds is 2. The van der Waals surface area contributed by atoms with Crippen LogP contribution in [0, 0.1) is 12.3 Å². The molecular formula is C28H40N2O3S. The summed E-state index contributed by atoms with van der Waals surface area (Å²) in [7, 11) is 0. The van der Waals surface area contributed by atoms with Gasteiger partial charge < -0.3 is 14.6 Å². The second-order valence-corrected chi connectivity index (χ2v) is 13.7. The Morgan fingerprint density at radius 1 is 1.09 bits per heavy atom. The van der Waals surface area contributed by atoms with Gasteiger partial charge >= 0.3 is 0 Å². The highest BCUT2D eigenvalue weighted by Crippen LogP contribution is 2.58. The van der Waals surface area contributed by atoms with Crippen molar-refractivity contribution in [2.24, 2.45) is 5.41 Å². The Balaban J connectivity index is 1.78. The Morgan fingerprint density at radius 2 is 1.76 bits per heavy atom. The van der Waals surface area contributed by atoms with Crippen molar-refractivity contribution in [1.29, 1.82) is 0 Å². The van der Waals surface area contributed by atoms with E-state index in [1.54, 1.807) is 11.3 Å². The summed E-state index contributed by atoms with van der Waals surface area (Å²) < 4.78 is 12.9. The van der Waals surface area contributed by atoms with Crippen LogP contribution in [0.15, 0.2) is 0 Å². The number of fused-ring (bicyclic) bond motifs is 4. The molecule has 1 fully saturated rings. The van der Waals surface area contributed by atoms with Crippen molar-refractivity contribution in [1.82, 2.24) is 9.97 Å². The van der Waals surface area contributed by atoms with Gasteiger partial charge in [-0.25, -0.2) is 4.98 Å². The van der Waals surface area contributed by atoms with Crippen molar-refractivity contribution in [2.75, 3.05) is 13.2 Å². The normalized spacial score (nSPS) is 25.6. The fraction of sp³-hybridized carbons (Fsp3) is 0.714. The van der Waals surface area contributed by atoms with Crippen molar-refractivity contribution in [3.05, 3.63) is 43.7 Å². The number of aliphatic hydroxyl groups is 1. The summed E-state index contributed by atoms with van der Waals surface area (Å²) in [6.07, 6.45) is 2.47. The number of ether oxygens (including phenoxy) is 2. The molecule has 1 N–H and O–H groups in total.